The molecular weight excluding hydrogens is 350 g/mol. The van der Waals surface area contributed by atoms with Crippen molar-refractivity contribution in [1.82, 2.24) is 24.9 Å². The third-order valence-corrected chi connectivity index (χ3v) is 5.12. The lowest BCUT2D eigenvalue weighted by Gasteiger charge is -2.05. The Morgan fingerprint density at radius 1 is 1.27 bits per heavy atom. The summed E-state index contributed by atoms with van der Waals surface area (Å²) in [6, 6.07) is 9.47. The van der Waals surface area contributed by atoms with E-state index in [0.717, 1.165) is 21.6 Å². The van der Waals surface area contributed by atoms with Gasteiger partial charge in [0.15, 0.2) is 0 Å². The number of fused-ring (bicyclic) bond motifs is 2. The second kappa shape index (κ2) is 7.09. The quantitative estimate of drug-likeness (QED) is 0.545. The van der Waals surface area contributed by atoms with Crippen molar-refractivity contribution in [2.45, 2.75) is 19.3 Å². The molecule has 132 valence electrons. The molecule has 0 saturated carbocycles. The average Bonchev–Trinajstić information content (AvgIpc) is 3.25. The smallest absolute Gasteiger partial charge is 0.251 e. The van der Waals surface area contributed by atoms with Crippen LogP contribution in [0.4, 0.5) is 0 Å². The summed E-state index contributed by atoms with van der Waals surface area (Å²) in [5, 5.41) is 10.0. The number of hydrogen-bond donors (Lipinski definition) is 2. The molecule has 7 nitrogen and oxygen atoms in total. The van der Waals surface area contributed by atoms with Crippen LogP contribution in [-0.2, 0) is 17.6 Å². The van der Waals surface area contributed by atoms with E-state index in [9.17, 15) is 9.59 Å². The zero-order chi connectivity index (χ0) is 17.9. The van der Waals surface area contributed by atoms with Gasteiger partial charge >= 0.3 is 0 Å². The minimum Gasteiger partial charge on any atom is -0.356 e. The number of para-hydroxylation sites is 1. The van der Waals surface area contributed by atoms with Crippen molar-refractivity contribution >= 4 is 33.1 Å². The monoisotopic (exact) mass is 367 g/mol. The zero-order valence-corrected chi connectivity index (χ0v) is 14.8. The number of H-pyrrole nitrogens is 1. The number of aromatic nitrogens is 4. The molecule has 4 rings (SSSR count). The molecule has 0 atom stereocenters. The first-order valence-electron chi connectivity index (χ1n) is 8.34. The second-order valence-electron chi connectivity index (χ2n) is 5.99. The van der Waals surface area contributed by atoms with Crippen molar-refractivity contribution in [1.29, 1.82) is 0 Å². The van der Waals surface area contributed by atoms with Gasteiger partial charge in [-0.15, -0.1) is 11.3 Å². The van der Waals surface area contributed by atoms with E-state index in [4.69, 9.17) is 0 Å². The summed E-state index contributed by atoms with van der Waals surface area (Å²) in [7, 11) is 0. The number of nitrogens with one attached hydrogen (secondary N) is 2. The topological polar surface area (TPSA) is 92.1 Å². The molecule has 0 bridgehead atoms. The lowest BCUT2D eigenvalue weighted by Crippen LogP contribution is -2.27. The minimum atomic E-state index is -0.136. The van der Waals surface area contributed by atoms with Crippen molar-refractivity contribution in [3.63, 3.8) is 0 Å². The zero-order valence-electron chi connectivity index (χ0n) is 13.9. The van der Waals surface area contributed by atoms with Crippen molar-refractivity contribution in [3.8, 4) is 0 Å². The van der Waals surface area contributed by atoms with Crippen LogP contribution in [-0.4, -0.2) is 32.0 Å². The van der Waals surface area contributed by atoms with E-state index >= 15 is 0 Å². The largest absolute Gasteiger partial charge is 0.356 e. The second-order valence-corrected chi connectivity index (χ2v) is 6.83. The molecule has 0 aliphatic rings. The van der Waals surface area contributed by atoms with Gasteiger partial charge in [0.25, 0.3) is 5.56 Å². The summed E-state index contributed by atoms with van der Waals surface area (Å²) in [5.41, 5.74) is 2.32. The van der Waals surface area contributed by atoms with Crippen LogP contribution < -0.4 is 10.9 Å². The van der Waals surface area contributed by atoms with Crippen LogP contribution in [0.2, 0.25) is 0 Å². The molecular formula is C18H17N5O2S. The molecule has 1 amide bonds. The Morgan fingerprint density at radius 2 is 2.15 bits per heavy atom. The maximum absolute atomic E-state index is 12.1. The highest BCUT2D eigenvalue weighted by atomic mass is 32.1. The van der Waals surface area contributed by atoms with Crippen LogP contribution in [0.3, 0.4) is 0 Å². The number of aromatic amines is 1. The van der Waals surface area contributed by atoms with E-state index in [-0.39, 0.29) is 17.9 Å². The van der Waals surface area contributed by atoms with E-state index in [0.29, 0.717) is 24.9 Å². The van der Waals surface area contributed by atoms with Gasteiger partial charge in [-0.1, -0.05) is 18.2 Å². The molecule has 0 unspecified atom stereocenters. The Labute approximate surface area is 152 Å². The minimum absolute atomic E-state index is 0.0670. The molecule has 0 aliphatic heterocycles. The molecule has 1 aromatic carbocycles. The lowest BCUT2D eigenvalue weighted by atomic mass is 10.1. The Bertz CT molecular complexity index is 1130. The molecule has 3 heterocycles. The summed E-state index contributed by atoms with van der Waals surface area (Å²) >= 11 is 1.53. The fourth-order valence-corrected chi connectivity index (χ4v) is 3.72. The fourth-order valence-electron chi connectivity index (χ4n) is 2.89. The predicted octanol–water partition coefficient (Wildman–Crippen LogP) is 1.92. The standard InChI is InChI=1S/C18H17N5O2S/c24-16(19-8-7-14-10-26-18-20-11-21-23(14)18)6-5-13-9-12-3-1-2-4-15(12)22-17(13)25/h1-4,9-11H,5-8H2,(H,19,24)(H,22,25). The number of carbonyl (C=O) groups excluding carboxylic acids is 1. The first-order valence-corrected chi connectivity index (χ1v) is 9.22. The van der Waals surface area contributed by atoms with Gasteiger partial charge in [-0.05, 0) is 23.9 Å². The molecule has 26 heavy (non-hydrogen) atoms. The molecule has 0 aliphatic carbocycles. The fraction of sp³-hybridized carbons (Fsp3) is 0.222. The first kappa shape index (κ1) is 16.5. The molecule has 4 aromatic rings. The van der Waals surface area contributed by atoms with Gasteiger partial charge in [0.2, 0.25) is 10.9 Å². The van der Waals surface area contributed by atoms with Crippen LogP contribution in [0.1, 0.15) is 17.7 Å². The van der Waals surface area contributed by atoms with Crippen LogP contribution in [0, 0.1) is 0 Å². The van der Waals surface area contributed by atoms with Crippen LogP contribution in [0.25, 0.3) is 15.9 Å². The molecule has 0 saturated heterocycles. The van der Waals surface area contributed by atoms with Gasteiger partial charge in [-0.3, -0.25) is 9.59 Å². The molecule has 0 radical (unpaired) electrons. The normalized spacial score (nSPS) is 11.2. The molecule has 3 aromatic heterocycles. The Kier molecular flexibility index (Phi) is 4.49. The summed E-state index contributed by atoms with van der Waals surface area (Å²) in [6.07, 6.45) is 2.90. The van der Waals surface area contributed by atoms with Crippen molar-refractivity contribution in [3.05, 3.63) is 63.7 Å². The number of amides is 1. The summed E-state index contributed by atoms with van der Waals surface area (Å²) in [4.78, 5) is 32.0. The van der Waals surface area contributed by atoms with Crippen LogP contribution in [0.15, 0.2) is 46.8 Å². The summed E-state index contributed by atoms with van der Waals surface area (Å²) in [5.74, 6) is -0.0670. The van der Waals surface area contributed by atoms with E-state index in [1.54, 1.807) is 4.52 Å². The van der Waals surface area contributed by atoms with Crippen LogP contribution >= 0.6 is 11.3 Å². The van der Waals surface area contributed by atoms with E-state index < -0.39 is 0 Å². The third-order valence-electron chi connectivity index (χ3n) is 4.24. The Balaban J connectivity index is 1.32. The predicted molar refractivity (Wildman–Crippen MR) is 100 cm³/mol. The van der Waals surface area contributed by atoms with Gasteiger partial charge in [-0.2, -0.15) is 5.10 Å². The van der Waals surface area contributed by atoms with Gasteiger partial charge in [0, 0.05) is 35.8 Å². The lowest BCUT2D eigenvalue weighted by molar-refractivity contribution is -0.121. The van der Waals surface area contributed by atoms with Crippen molar-refractivity contribution in [2.75, 3.05) is 6.54 Å². The van der Waals surface area contributed by atoms with E-state index in [1.165, 1.54) is 17.7 Å². The van der Waals surface area contributed by atoms with Crippen LogP contribution in [0.5, 0.6) is 0 Å². The Morgan fingerprint density at radius 3 is 3.08 bits per heavy atom. The highest BCUT2D eigenvalue weighted by Gasteiger charge is 2.08. The van der Waals surface area contributed by atoms with Gasteiger partial charge in [-0.25, -0.2) is 9.50 Å². The number of hydrogen-bond acceptors (Lipinski definition) is 5. The molecule has 0 fully saturated rings. The molecule has 0 spiro atoms. The SMILES string of the molecule is O=C(CCc1cc2ccccc2[nH]c1=O)NCCc1csc2ncnn12. The average molecular weight is 367 g/mol. The summed E-state index contributed by atoms with van der Waals surface area (Å²) in [6.45, 7) is 0.526. The number of thiazole rings is 1. The molecule has 2 N–H and O–H groups in total. The highest BCUT2D eigenvalue weighted by molar-refractivity contribution is 7.15. The van der Waals surface area contributed by atoms with E-state index in [1.807, 2.05) is 35.7 Å². The van der Waals surface area contributed by atoms with E-state index in [2.05, 4.69) is 20.4 Å². The van der Waals surface area contributed by atoms with Gasteiger partial charge < -0.3 is 10.3 Å². The maximum Gasteiger partial charge on any atom is 0.251 e. The summed E-state index contributed by atoms with van der Waals surface area (Å²) < 4.78 is 1.78. The maximum atomic E-state index is 12.1. The molecule has 8 heteroatoms. The number of benzene rings is 1. The number of pyridine rings is 1. The number of carbonyl (C=O) groups is 1. The van der Waals surface area contributed by atoms with Gasteiger partial charge in [0.1, 0.15) is 6.33 Å². The number of aryl methyl sites for hydroxylation is 1. The first-order chi connectivity index (χ1) is 12.7. The van der Waals surface area contributed by atoms with Gasteiger partial charge in [0.05, 0.1) is 5.69 Å². The third kappa shape index (κ3) is 3.36. The number of rotatable bonds is 6. The van der Waals surface area contributed by atoms with Crippen molar-refractivity contribution < 1.29 is 4.79 Å². The Hall–Kier alpha value is -3.00. The highest BCUT2D eigenvalue weighted by Crippen LogP contribution is 2.13. The number of nitrogens with zero attached hydrogens (tertiary/aromatic N) is 3. The van der Waals surface area contributed by atoms with Crippen molar-refractivity contribution in [2.24, 2.45) is 0 Å².